The molecule has 0 aromatic heterocycles. The highest BCUT2D eigenvalue weighted by Gasteiger charge is 2.30. The van der Waals surface area contributed by atoms with E-state index in [4.69, 9.17) is 4.84 Å². The maximum absolute atomic E-state index is 12.0. The topological polar surface area (TPSA) is 61.9 Å². The zero-order valence-corrected chi connectivity index (χ0v) is 11.6. The lowest BCUT2D eigenvalue weighted by Crippen LogP contribution is -2.50. The number of rotatable bonds is 3. The fourth-order valence-corrected chi connectivity index (χ4v) is 2.05. The maximum atomic E-state index is 12.0. The molecule has 1 fully saturated rings. The highest BCUT2D eigenvalue weighted by Crippen LogP contribution is 2.18. The molecule has 0 saturated carbocycles. The molecular weight excluding hydrogens is 234 g/mol. The molecule has 6 nitrogen and oxygen atoms in total. The van der Waals surface area contributed by atoms with Crippen LogP contribution in [0.15, 0.2) is 0 Å². The van der Waals surface area contributed by atoms with Crippen molar-refractivity contribution in [3.05, 3.63) is 0 Å². The second-order valence-corrected chi connectivity index (χ2v) is 4.91. The molecule has 1 aliphatic rings. The van der Waals surface area contributed by atoms with Crippen molar-refractivity contribution in [2.45, 2.75) is 32.7 Å². The predicted molar refractivity (Wildman–Crippen MR) is 67.7 cm³/mol. The number of carbonyl (C=O) groups is 2. The average Bonchev–Trinajstić information content (AvgIpc) is 2.36. The zero-order valence-electron chi connectivity index (χ0n) is 11.6. The number of nitrogens with zero attached hydrogens (tertiary/aromatic N) is 2. The summed E-state index contributed by atoms with van der Waals surface area (Å²) in [6, 6.07) is 0.0118. The van der Waals surface area contributed by atoms with Crippen LogP contribution in [0.5, 0.6) is 0 Å². The van der Waals surface area contributed by atoms with Crippen LogP contribution in [0.25, 0.3) is 0 Å². The van der Waals surface area contributed by atoms with E-state index in [0.29, 0.717) is 13.1 Å². The summed E-state index contributed by atoms with van der Waals surface area (Å²) in [7, 11) is 3.05. The van der Waals surface area contributed by atoms with Gasteiger partial charge in [0.2, 0.25) is 0 Å². The molecule has 0 aromatic carbocycles. The third-order valence-electron chi connectivity index (χ3n) is 3.05. The van der Waals surface area contributed by atoms with Crippen molar-refractivity contribution >= 4 is 11.9 Å². The maximum Gasteiger partial charge on any atom is 0.317 e. The highest BCUT2D eigenvalue weighted by molar-refractivity contribution is 5.80. The Morgan fingerprint density at radius 1 is 1.44 bits per heavy atom. The molecule has 0 aromatic rings. The van der Waals surface area contributed by atoms with E-state index in [-0.39, 0.29) is 23.9 Å². The Morgan fingerprint density at radius 2 is 2.11 bits per heavy atom. The molecular formula is C12H23N3O3. The molecule has 0 aliphatic carbocycles. The summed E-state index contributed by atoms with van der Waals surface area (Å²) in [6.07, 6.45) is 1.65. The first-order valence-electron chi connectivity index (χ1n) is 6.32. The van der Waals surface area contributed by atoms with Gasteiger partial charge in [-0.25, -0.2) is 9.86 Å². The van der Waals surface area contributed by atoms with Crippen molar-refractivity contribution < 1.29 is 14.4 Å². The number of urea groups is 1. The number of hydroxylamine groups is 2. The first-order chi connectivity index (χ1) is 8.45. The smallest absolute Gasteiger partial charge is 0.317 e. The Hall–Kier alpha value is -1.30. The summed E-state index contributed by atoms with van der Waals surface area (Å²) in [5.41, 5.74) is 0. The average molecular weight is 257 g/mol. The zero-order chi connectivity index (χ0) is 13.7. The monoisotopic (exact) mass is 257 g/mol. The van der Waals surface area contributed by atoms with E-state index in [1.54, 1.807) is 11.9 Å². The summed E-state index contributed by atoms with van der Waals surface area (Å²) in [5.74, 6) is -0.235. The van der Waals surface area contributed by atoms with E-state index >= 15 is 0 Å². The minimum atomic E-state index is -0.165. The lowest BCUT2D eigenvalue weighted by atomic mass is 9.97. The number of amides is 3. The normalized spacial score (nSPS) is 19.8. The number of piperidine rings is 1. The Labute approximate surface area is 108 Å². The van der Waals surface area contributed by atoms with Gasteiger partial charge in [0.25, 0.3) is 5.91 Å². The standard InChI is InChI=1S/C12H23N3O3/c1-9(2)13-12(17)15-7-5-6-10(8-15)11(16)14(3)18-4/h9-10H,5-8H2,1-4H3,(H,13,17). The minimum Gasteiger partial charge on any atom is -0.336 e. The van der Waals surface area contributed by atoms with Gasteiger partial charge < -0.3 is 10.2 Å². The predicted octanol–water partition coefficient (Wildman–Crippen LogP) is 0.836. The van der Waals surface area contributed by atoms with E-state index in [0.717, 1.165) is 12.8 Å². The third-order valence-corrected chi connectivity index (χ3v) is 3.05. The summed E-state index contributed by atoms with van der Waals surface area (Å²) in [4.78, 5) is 30.4. The van der Waals surface area contributed by atoms with Crippen LogP contribution in [0.2, 0.25) is 0 Å². The van der Waals surface area contributed by atoms with Crippen LogP contribution < -0.4 is 5.32 Å². The SMILES string of the molecule is CON(C)C(=O)C1CCCN(C(=O)NC(C)C)C1. The molecule has 1 aliphatic heterocycles. The van der Waals surface area contributed by atoms with Crippen LogP contribution in [0.4, 0.5) is 4.79 Å². The fourth-order valence-electron chi connectivity index (χ4n) is 2.05. The van der Waals surface area contributed by atoms with E-state index < -0.39 is 0 Å². The molecule has 1 saturated heterocycles. The molecule has 0 bridgehead atoms. The number of nitrogens with one attached hydrogen (secondary N) is 1. The van der Waals surface area contributed by atoms with E-state index in [2.05, 4.69) is 5.32 Å². The van der Waals surface area contributed by atoms with Crippen molar-refractivity contribution in [1.29, 1.82) is 0 Å². The minimum absolute atomic E-state index is 0.0699. The summed E-state index contributed by atoms with van der Waals surface area (Å²) in [5, 5.41) is 4.08. The molecule has 1 unspecified atom stereocenters. The van der Waals surface area contributed by atoms with Crippen LogP contribution in [-0.2, 0) is 9.63 Å². The first-order valence-corrected chi connectivity index (χ1v) is 6.32. The molecule has 104 valence electrons. The first kappa shape index (κ1) is 14.8. The second-order valence-electron chi connectivity index (χ2n) is 4.91. The second kappa shape index (κ2) is 6.58. The summed E-state index contributed by atoms with van der Waals surface area (Å²) in [6.45, 7) is 5.01. The fraction of sp³-hybridized carbons (Fsp3) is 0.833. The van der Waals surface area contributed by atoms with Gasteiger partial charge in [-0.1, -0.05) is 0 Å². The number of hydrogen-bond donors (Lipinski definition) is 1. The van der Waals surface area contributed by atoms with Crippen LogP contribution in [0, 0.1) is 5.92 Å². The molecule has 1 atom stereocenters. The molecule has 1 N–H and O–H groups in total. The number of likely N-dealkylation sites (tertiary alicyclic amines) is 1. The Morgan fingerprint density at radius 3 is 2.67 bits per heavy atom. The van der Waals surface area contributed by atoms with Crippen molar-refractivity contribution in [1.82, 2.24) is 15.3 Å². The van der Waals surface area contributed by atoms with E-state index in [9.17, 15) is 9.59 Å². The van der Waals surface area contributed by atoms with Gasteiger partial charge in [-0.05, 0) is 26.7 Å². The molecule has 1 rings (SSSR count). The number of hydrogen-bond acceptors (Lipinski definition) is 3. The molecule has 1 heterocycles. The Kier molecular flexibility index (Phi) is 5.40. The Bertz CT molecular complexity index is 307. The molecule has 6 heteroatoms. The largest absolute Gasteiger partial charge is 0.336 e. The number of carbonyl (C=O) groups excluding carboxylic acids is 2. The Balaban J connectivity index is 2.55. The quantitative estimate of drug-likeness (QED) is 0.762. The van der Waals surface area contributed by atoms with Crippen LogP contribution in [-0.4, -0.2) is 55.2 Å². The highest BCUT2D eigenvalue weighted by atomic mass is 16.7. The molecule has 0 radical (unpaired) electrons. The van der Waals surface area contributed by atoms with Crippen molar-refractivity contribution in [3.63, 3.8) is 0 Å². The summed E-state index contributed by atoms with van der Waals surface area (Å²) >= 11 is 0. The lowest BCUT2D eigenvalue weighted by molar-refractivity contribution is -0.174. The van der Waals surface area contributed by atoms with Crippen LogP contribution in [0.1, 0.15) is 26.7 Å². The van der Waals surface area contributed by atoms with Gasteiger partial charge in [0.05, 0.1) is 13.0 Å². The van der Waals surface area contributed by atoms with E-state index in [1.165, 1.54) is 12.2 Å². The van der Waals surface area contributed by atoms with Gasteiger partial charge in [-0.3, -0.25) is 9.63 Å². The molecule has 18 heavy (non-hydrogen) atoms. The van der Waals surface area contributed by atoms with Crippen LogP contribution in [0.3, 0.4) is 0 Å². The van der Waals surface area contributed by atoms with Gasteiger partial charge in [-0.2, -0.15) is 0 Å². The van der Waals surface area contributed by atoms with E-state index in [1.807, 2.05) is 13.8 Å². The van der Waals surface area contributed by atoms with Gasteiger partial charge in [0.1, 0.15) is 0 Å². The van der Waals surface area contributed by atoms with Crippen LogP contribution >= 0.6 is 0 Å². The van der Waals surface area contributed by atoms with Gasteiger partial charge >= 0.3 is 6.03 Å². The van der Waals surface area contributed by atoms with Crippen molar-refractivity contribution in [2.75, 3.05) is 27.2 Å². The molecule has 3 amide bonds. The van der Waals surface area contributed by atoms with Gasteiger partial charge in [-0.15, -0.1) is 0 Å². The third kappa shape index (κ3) is 3.87. The lowest BCUT2D eigenvalue weighted by Gasteiger charge is -2.33. The van der Waals surface area contributed by atoms with Crippen molar-refractivity contribution in [3.8, 4) is 0 Å². The van der Waals surface area contributed by atoms with Gasteiger partial charge in [0, 0.05) is 26.2 Å². The van der Waals surface area contributed by atoms with Crippen molar-refractivity contribution in [2.24, 2.45) is 5.92 Å². The molecule has 0 spiro atoms. The van der Waals surface area contributed by atoms with Gasteiger partial charge in [0.15, 0.2) is 0 Å². The summed E-state index contributed by atoms with van der Waals surface area (Å²) < 4.78 is 0.